The first-order chi connectivity index (χ1) is 7.07. The van der Waals surface area contributed by atoms with Gasteiger partial charge >= 0.3 is 0 Å². The minimum absolute atomic E-state index is 0.168. The lowest BCUT2D eigenvalue weighted by atomic mass is 10.1. The number of hydrogen-bond donors (Lipinski definition) is 1. The van der Waals surface area contributed by atoms with Crippen LogP contribution in [-0.4, -0.2) is 16.0 Å². The molecule has 78 valence electrons. The fourth-order valence-corrected chi connectivity index (χ4v) is 2.06. The fraction of sp³-hybridized carbons (Fsp3) is 0.250. The highest BCUT2D eigenvalue weighted by Crippen LogP contribution is 2.33. The van der Waals surface area contributed by atoms with E-state index in [1.165, 1.54) is 0 Å². The number of carbonyl (C=O) groups excluding carboxylic acids is 1. The lowest BCUT2D eigenvalue weighted by Gasteiger charge is -2.02. The van der Waals surface area contributed by atoms with Crippen LogP contribution >= 0.6 is 0 Å². The second-order valence-corrected chi connectivity index (χ2v) is 3.80. The van der Waals surface area contributed by atoms with Crippen LogP contribution in [0.3, 0.4) is 0 Å². The van der Waals surface area contributed by atoms with Gasteiger partial charge in [-0.1, -0.05) is 6.07 Å². The van der Waals surface area contributed by atoms with Crippen molar-refractivity contribution in [3.8, 4) is 5.75 Å². The quantitative estimate of drug-likeness (QED) is 0.723. The maximum atomic E-state index is 11.0. The summed E-state index contributed by atoms with van der Waals surface area (Å²) in [4.78, 5) is 11.0. The first-order valence-electron chi connectivity index (χ1n) is 4.80. The number of carbonyl (C=O) groups is 1. The molecule has 1 aromatic heterocycles. The van der Waals surface area contributed by atoms with Gasteiger partial charge in [-0.05, 0) is 25.5 Å². The highest BCUT2D eigenvalue weighted by Gasteiger charge is 2.15. The van der Waals surface area contributed by atoms with Crippen LogP contribution in [0.4, 0.5) is 0 Å². The van der Waals surface area contributed by atoms with Crippen LogP contribution < -0.4 is 0 Å². The normalized spacial score (nSPS) is 10.9. The van der Waals surface area contributed by atoms with Crippen LogP contribution in [0.5, 0.6) is 5.75 Å². The number of nitrogens with zero attached hydrogens (tertiary/aromatic N) is 1. The molecule has 3 nitrogen and oxygen atoms in total. The lowest BCUT2D eigenvalue weighted by Crippen LogP contribution is -1.92. The number of aryl methyl sites for hydroxylation is 2. The molecular weight excluding hydrogens is 190 g/mol. The molecule has 0 amide bonds. The van der Waals surface area contributed by atoms with E-state index in [0.29, 0.717) is 10.9 Å². The van der Waals surface area contributed by atoms with Crippen molar-refractivity contribution in [2.45, 2.75) is 13.8 Å². The van der Waals surface area contributed by atoms with Gasteiger partial charge in [0.05, 0.1) is 10.9 Å². The summed E-state index contributed by atoms with van der Waals surface area (Å²) in [5, 5.41) is 10.4. The Labute approximate surface area is 87.9 Å². The van der Waals surface area contributed by atoms with E-state index in [4.69, 9.17) is 0 Å². The summed E-state index contributed by atoms with van der Waals surface area (Å²) >= 11 is 0. The van der Waals surface area contributed by atoms with Crippen molar-refractivity contribution in [1.29, 1.82) is 0 Å². The van der Waals surface area contributed by atoms with Gasteiger partial charge < -0.3 is 9.67 Å². The minimum atomic E-state index is 0.168. The first kappa shape index (κ1) is 9.77. The Morgan fingerprint density at radius 2 is 2.00 bits per heavy atom. The van der Waals surface area contributed by atoms with Gasteiger partial charge in [0.15, 0.2) is 6.29 Å². The Balaban J connectivity index is 3.09. The van der Waals surface area contributed by atoms with Crippen LogP contribution in [0.25, 0.3) is 10.9 Å². The fourth-order valence-electron chi connectivity index (χ4n) is 2.06. The number of fused-ring (bicyclic) bond motifs is 1. The third kappa shape index (κ3) is 1.16. The lowest BCUT2D eigenvalue weighted by molar-refractivity contribution is 0.112. The van der Waals surface area contributed by atoms with Gasteiger partial charge in [-0.2, -0.15) is 0 Å². The molecule has 0 saturated carbocycles. The largest absolute Gasteiger partial charge is 0.507 e. The molecule has 1 N–H and O–H groups in total. The minimum Gasteiger partial charge on any atom is -0.507 e. The van der Waals surface area contributed by atoms with Crippen molar-refractivity contribution in [2.24, 2.45) is 7.05 Å². The monoisotopic (exact) mass is 203 g/mol. The molecule has 0 unspecified atom stereocenters. The number of phenols is 1. The zero-order valence-corrected chi connectivity index (χ0v) is 9.03. The van der Waals surface area contributed by atoms with E-state index >= 15 is 0 Å². The molecule has 15 heavy (non-hydrogen) atoms. The molecule has 1 aromatic carbocycles. The standard InChI is InChI=1S/C12H13NO2/c1-7-4-5-10(15)11-9(6-14)8(2)13(3)12(7)11/h4-6,15H,1-3H3. The molecule has 0 bridgehead atoms. The summed E-state index contributed by atoms with van der Waals surface area (Å²) in [7, 11) is 1.90. The predicted molar refractivity (Wildman–Crippen MR) is 59.4 cm³/mol. The predicted octanol–water partition coefficient (Wildman–Crippen LogP) is 2.31. The third-order valence-corrected chi connectivity index (χ3v) is 2.97. The van der Waals surface area contributed by atoms with Crippen molar-refractivity contribution in [1.82, 2.24) is 4.57 Å². The highest BCUT2D eigenvalue weighted by molar-refractivity contribution is 6.03. The molecule has 0 atom stereocenters. The van der Waals surface area contributed by atoms with Crippen molar-refractivity contribution < 1.29 is 9.90 Å². The maximum Gasteiger partial charge on any atom is 0.152 e. The summed E-state index contributed by atoms with van der Waals surface area (Å²) in [5.74, 6) is 0.168. The van der Waals surface area contributed by atoms with Crippen LogP contribution in [0.15, 0.2) is 12.1 Å². The molecule has 2 rings (SSSR count). The molecule has 1 heterocycles. The van der Waals surface area contributed by atoms with E-state index in [1.807, 2.05) is 31.5 Å². The number of phenolic OH excluding ortho intramolecular Hbond substituents is 1. The van der Waals surface area contributed by atoms with E-state index in [0.717, 1.165) is 23.1 Å². The number of aldehydes is 1. The highest BCUT2D eigenvalue weighted by atomic mass is 16.3. The molecule has 0 aliphatic carbocycles. The van der Waals surface area contributed by atoms with Crippen molar-refractivity contribution in [3.63, 3.8) is 0 Å². The first-order valence-corrected chi connectivity index (χ1v) is 4.80. The summed E-state index contributed by atoms with van der Waals surface area (Å²) in [5.41, 5.74) is 3.44. The SMILES string of the molecule is Cc1ccc(O)c2c(C=O)c(C)n(C)c12. The van der Waals surface area contributed by atoms with Gasteiger partial charge in [-0.15, -0.1) is 0 Å². The summed E-state index contributed by atoms with van der Waals surface area (Å²) < 4.78 is 1.94. The van der Waals surface area contributed by atoms with E-state index in [9.17, 15) is 9.90 Å². The summed E-state index contributed by atoms with van der Waals surface area (Å²) in [6.45, 7) is 3.85. The molecule has 2 aromatic rings. The van der Waals surface area contributed by atoms with Crippen LogP contribution in [0, 0.1) is 13.8 Å². The molecule has 0 saturated heterocycles. The molecule has 0 spiro atoms. The molecule has 0 aliphatic rings. The van der Waals surface area contributed by atoms with E-state index in [2.05, 4.69) is 0 Å². The number of benzene rings is 1. The van der Waals surface area contributed by atoms with Crippen LogP contribution in [0.1, 0.15) is 21.6 Å². The average Bonchev–Trinajstić information content (AvgIpc) is 2.47. The Morgan fingerprint density at radius 3 is 2.60 bits per heavy atom. The van der Waals surface area contributed by atoms with Gasteiger partial charge in [-0.25, -0.2) is 0 Å². The van der Waals surface area contributed by atoms with E-state index in [1.54, 1.807) is 6.07 Å². The Morgan fingerprint density at radius 1 is 1.33 bits per heavy atom. The van der Waals surface area contributed by atoms with Crippen molar-refractivity contribution in [3.05, 3.63) is 29.0 Å². The second-order valence-electron chi connectivity index (χ2n) is 3.80. The van der Waals surface area contributed by atoms with Crippen molar-refractivity contribution in [2.75, 3.05) is 0 Å². The molecule has 0 fully saturated rings. The zero-order valence-electron chi connectivity index (χ0n) is 9.03. The Kier molecular flexibility index (Phi) is 2.03. The van der Waals surface area contributed by atoms with Crippen LogP contribution in [0.2, 0.25) is 0 Å². The van der Waals surface area contributed by atoms with Gasteiger partial charge in [0.25, 0.3) is 0 Å². The molecule has 0 aliphatic heterocycles. The molecular formula is C12H13NO2. The van der Waals surface area contributed by atoms with Crippen molar-refractivity contribution >= 4 is 17.2 Å². The average molecular weight is 203 g/mol. The zero-order chi connectivity index (χ0) is 11.2. The Hall–Kier alpha value is -1.77. The molecule has 0 radical (unpaired) electrons. The smallest absolute Gasteiger partial charge is 0.152 e. The second kappa shape index (κ2) is 3.12. The Bertz CT molecular complexity index is 552. The number of rotatable bonds is 1. The topological polar surface area (TPSA) is 42.2 Å². The summed E-state index contributed by atoms with van der Waals surface area (Å²) in [6.07, 6.45) is 0.802. The van der Waals surface area contributed by atoms with Crippen LogP contribution in [-0.2, 0) is 7.05 Å². The number of hydrogen-bond acceptors (Lipinski definition) is 2. The van der Waals surface area contributed by atoms with E-state index in [-0.39, 0.29) is 5.75 Å². The van der Waals surface area contributed by atoms with Gasteiger partial charge in [0.2, 0.25) is 0 Å². The number of aromatic nitrogens is 1. The van der Waals surface area contributed by atoms with Gasteiger partial charge in [-0.3, -0.25) is 4.79 Å². The van der Waals surface area contributed by atoms with Gasteiger partial charge in [0, 0.05) is 18.3 Å². The summed E-state index contributed by atoms with van der Waals surface area (Å²) in [6, 6.07) is 3.48. The maximum absolute atomic E-state index is 11.0. The third-order valence-electron chi connectivity index (χ3n) is 2.97. The van der Waals surface area contributed by atoms with E-state index < -0.39 is 0 Å². The van der Waals surface area contributed by atoms with Gasteiger partial charge in [0.1, 0.15) is 5.75 Å². The number of aromatic hydroxyl groups is 1. The molecule has 3 heteroatoms.